The molecular formula is C14H22N4. The van der Waals surface area contributed by atoms with Crippen molar-refractivity contribution in [2.75, 3.05) is 25.4 Å². The Morgan fingerprint density at radius 3 is 2.61 bits per heavy atom. The Bertz CT molecular complexity index is 391. The highest BCUT2D eigenvalue weighted by Crippen LogP contribution is 2.37. The van der Waals surface area contributed by atoms with E-state index < -0.39 is 0 Å². The van der Waals surface area contributed by atoms with Crippen LogP contribution in [0.2, 0.25) is 0 Å². The van der Waals surface area contributed by atoms with Crippen LogP contribution in [0.25, 0.3) is 0 Å². The lowest BCUT2D eigenvalue weighted by Gasteiger charge is -2.21. The lowest BCUT2D eigenvalue weighted by Crippen LogP contribution is -2.31. The second kappa shape index (κ2) is 4.86. The van der Waals surface area contributed by atoms with Crippen LogP contribution in [0.15, 0.2) is 18.3 Å². The number of fused-ring (bicyclic) bond motifs is 1. The van der Waals surface area contributed by atoms with Crippen molar-refractivity contribution in [2.24, 2.45) is 17.6 Å². The Kier molecular flexibility index (Phi) is 3.22. The Hall–Kier alpha value is -1.13. The molecule has 98 valence electrons. The zero-order valence-electron chi connectivity index (χ0n) is 10.8. The molecule has 3 rings (SSSR count). The molecule has 1 aromatic heterocycles. The average molecular weight is 246 g/mol. The second-order valence-electron chi connectivity index (χ2n) is 5.79. The summed E-state index contributed by atoms with van der Waals surface area (Å²) in [6, 6.07) is 3.82. The summed E-state index contributed by atoms with van der Waals surface area (Å²) in [5, 5.41) is 0. The Labute approximate surface area is 108 Å². The predicted octanol–water partition coefficient (Wildman–Crippen LogP) is 1.40. The normalized spacial score (nSPS) is 29.4. The minimum Gasteiger partial charge on any atom is -0.397 e. The quantitative estimate of drug-likeness (QED) is 0.846. The molecule has 0 aromatic carbocycles. The van der Waals surface area contributed by atoms with Crippen LogP contribution in [-0.2, 0) is 0 Å². The molecule has 0 spiro atoms. The van der Waals surface area contributed by atoms with Gasteiger partial charge in [0.15, 0.2) is 0 Å². The van der Waals surface area contributed by atoms with Crippen LogP contribution < -0.4 is 11.5 Å². The van der Waals surface area contributed by atoms with Crippen LogP contribution in [-0.4, -0.2) is 29.5 Å². The minimum atomic E-state index is 0.00410. The van der Waals surface area contributed by atoms with Gasteiger partial charge in [-0.05, 0) is 36.8 Å². The van der Waals surface area contributed by atoms with Crippen molar-refractivity contribution in [1.82, 2.24) is 9.88 Å². The van der Waals surface area contributed by atoms with E-state index in [1.165, 1.54) is 32.4 Å². The fourth-order valence-electron chi connectivity index (χ4n) is 3.49. The number of nitrogens with two attached hydrogens (primary N) is 2. The van der Waals surface area contributed by atoms with Crippen molar-refractivity contribution in [3.8, 4) is 0 Å². The molecular weight excluding hydrogens is 224 g/mol. The molecule has 0 amide bonds. The van der Waals surface area contributed by atoms with E-state index in [4.69, 9.17) is 11.5 Å². The zero-order valence-corrected chi connectivity index (χ0v) is 10.8. The van der Waals surface area contributed by atoms with Crippen LogP contribution >= 0.6 is 0 Å². The van der Waals surface area contributed by atoms with E-state index in [0.29, 0.717) is 5.69 Å². The molecule has 0 radical (unpaired) electrons. The van der Waals surface area contributed by atoms with E-state index in [-0.39, 0.29) is 6.04 Å². The van der Waals surface area contributed by atoms with Crippen molar-refractivity contribution in [3.63, 3.8) is 0 Å². The first-order valence-electron chi connectivity index (χ1n) is 6.92. The molecule has 1 aromatic rings. The summed E-state index contributed by atoms with van der Waals surface area (Å²) in [7, 11) is 0. The van der Waals surface area contributed by atoms with Gasteiger partial charge in [0, 0.05) is 19.6 Å². The SMILES string of the molecule is Nc1ccc(C(N)CN2C[C@H]3CCC[C@H]3C2)nc1. The summed E-state index contributed by atoms with van der Waals surface area (Å²) >= 11 is 0. The van der Waals surface area contributed by atoms with Crippen molar-refractivity contribution >= 4 is 5.69 Å². The Morgan fingerprint density at radius 2 is 2.00 bits per heavy atom. The zero-order chi connectivity index (χ0) is 12.5. The smallest absolute Gasteiger partial charge is 0.0599 e. The van der Waals surface area contributed by atoms with Gasteiger partial charge in [0.05, 0.1) is 23.6 Å². The second-order valence-corrected chi connectivity index (χ2v) is 5.79. The van der Waals surface area contributed by atoms with E-state index in [1.807, 2.05) is 12.1 Å². The molecule has 0 bridgehead atoms. The maximum Gasteiger partial charge on any atom is 0.0599 e. The van der Waals surface area contributed by atoms with Gasteiger partial charge in [0.2, 0.25) is 0 Å². The van der Waals surface area contributed by atoms with Crippen LogP contribution in [0, 0.1) is 11.8 Å². The fourth-order valence-corrected chi connectivity index (χ4v) is 3.49. The van der Waals surface area contributed by atoms with E-state index in [0.717, 1.165) is 24.1 Å². The number of nitrogens with zero attached hydrogens (tertiary/aromatic N) is 2. The van der Waals surface area contributed by atoms with Gasteiger partial charge in [-0.15, -0.1) is 0 Å². The number of hydrogen-bond donors (Lipinski definition) is 2. The summed E-state index contributed by atoms with van der Waals surface area (Å²) in [5.41, 5.74) is 13.5. The third-order valence-electron chi connectivity index (χ3n) is 4.45. The standard InChI is InChI=1S/C14H22N4/c15-12-4-5-14(17-6-12)13(16)9-18-7-10-2-1-3-11(10)8-18/h4-6,10-11,13H,1-3,7-9,15-16H2/t10-,11+,13?. The molecule has 2 fully saturated rings. The van der Waals surface area contributed by atoms with Gasteiger partial charge in [-0.1, -0.05) is 6.42 Å². The molecule has 1 unspecified atom stereocenters. The molecule has 4 heteroatoms. The van der Waals surface area contributed by atoms with Crippen molar-refractivity contribution in [1.29, 1.82) is 0 Å². The number of hydrogen-bond acceptors (Lipinski definition) is 4. The van der Waals surface area contributed by atoms with Gasteiger partial charge in [-0.3, -0.25) is 4.98 Å². The number of aromatic nitrogens is 1. The largest absolute Gasteiger partial charge is 0.397 e. The highest BCUT2D eigenvalue weighted by Gasteiger charge is 2.36. The lowest BCUT2D eigenvalue weighted by molar-refractivity contribution is 0.290. The van der Waals surface area contributed by atoms with Crippen molar-refractivity contribution < 1.29 is 0 Å². The van der Waals surface area contributed by atoms with Crippen LogP contribution in [0.1, 0.15) is 31.0 Å². The fraction of sp³-hybridized carbons (Fsp3) is 0.643. The summed E-state index contributed by atoms with van der Waals surface area (Å²) < 4.78 is 0. The molecule has 4 nitrogen and oxygen atoms in total. The molecule has 2 heterocycles. The number of nitrogen functional groups attached to an aromatic ring is 1. The summed E-state index contributed by atoms with van der Waals surface area (Å²) in [6.45, 7) is 3.38. The predicted molar refractivity (Wildman–Crippen MR) is 72.8 cm³/mol. The number of anilines is 1. The van der Waals surface area contributed by atoms with Crippen molar-refractivity contribution in [2.45, 2.75) is 25.3 Å². The third kappa shape index (κ3) is 2.35. The molecule has 1 saturated carbocycles. The Balaban J connectivity index is 1.58. The third-order valence-corrected chi connectivity index (χ3v) is 4.45. The van der Waals surface area contributed by atoms with Crippen LogP contribution in [0.4, 0.5) is 5.69 Å². The summed E-state index contributed by atoms with van der Waals surface area (Å²) in [4.78, 5) is 6.83. The van der Waals surface area contributed by atoms with E-state index in [1.54, 1.807) is 6.20 Å². The van der Waals surface area contributed by atoms with Gasteiger partial charge in [-0.25, -0.2) is 0 Å². The first-order valence-corrected chi connectivity index (χ1v) is 6.92. The number of likely N-dealkylation sites (tertiary alicyclic amines) is 1. The maximum absolute atomic E-state index is 6.23. The highest BCUT2D eigenvalue weighted by atomic mass is 15.2. The molecule has 1 saturated heterocycles. The molecule has 1 aliphatic heterocycles. The van der Waals surface area contributed by atoms with E-state index in [9.17, 15) is 0 Å². The number of pyridine rings is 1. The van der Waals surface area contributed by atoms with E-state index >= 15 is 0 Å². The van der Waals surface area contributed by atoms with Gasteiger partial charge in [-0.2, -0.15) is 0 Å². The monoisotopic (exact) mass is 246 g/mol. The topological polar surface area (TPSA) is 68.2 Å². The average Bonchev–Trinajstić information content (AvgIpc) is 2.90. The van der Waals surface area contributed by atoms with Gasteiger partial charge in [0.1, 0.15) is 0 Å². The Morgan fingerprint density at radius 1 is 1.28 bits per heavy atom. The molecule has 2 aliphatic rings. The van der Waals surface area contributed by atoms with Crippen LogP contribution in [0.5, 0.6) is 0 Å². The van der Waals surface area contributed by atoms with Crippen LogP contribution in [0.3, 0.4) is 0 Å². The highest BCUT2D eigenvalue weighted by molar-refractivity contribution is 5.35. The summed E-state index contributed by atoms with van der Waals surface area (Å²) in [5.74, 6) is 1.85. The van der Waals surface area contributed by atoms with Gasteiger partial charge < -0.3 is 16.4 Å². The lowest BCUT2D eigenvalue weighted by atomic mass is 10.0. The molecule has 4 N–H and O–H groups in total. The summed E-state index contributed by atoms with van der Waals surface area (Å²) in [6.07, 6.45) is 5.94. The van der Waals surface area contributed by atoms with Gasteiger partial charge in [0.25, 0.3) is 0 Å². The van der Waals surface area contributed by atoms with Crippen molar-refractivity contribution in [3.05, 3.63) is 24.0 Å². The maximum atomic E-state index is 6.23. The van der Waals surface area contributed by atoms with Gasteiger partial charge >= 0.3 is 0 Å². The molecule has 3 atom stereocenters. The number of rotatable bonds is 3. The minimum absolute atomic E-state index is 0.00410. The van der Waals surface area contributed by atoms with E-state index in [2.05, 4.69) is 9.88 Å². The molecule has 18 heavy (non-hydrogen) atoms. The first kappa shape index (κ1) is 11.9. The molecule has 1 aliphatic carbocycles. The first-order chi connectivity index (χ1) is 8.72.